The van der Waals surface area contributed by atoms with Crippen molar-refractivity contribution in [1.29, 1.82) is 0 Å². The van der Waals surface area contributed by atoms with Crippen molar-refractivity contribution in [2.24, 2.45) is 0 Å². The lowest BCUT2D eigenvalue weighted by molar-refractivity contribution is 0.308. The summed E-state index contributed by atoms with van der Waals surface area (Å²) in [5.41, 5.74) is 0.875. The van der Waals surface area contributed by atoms with Gasteiger partial charge >= 0.3 is 0 Å². The highest BCUT2D eigenvalue weighted by molar-refractivity contribution is 6.34. The van der Waals surface area contributed by atoms with Crippen molar-refractivity contribution in [3.05, 3.63) is 33.8 Å². The van der Waals surface area contributed by atoms with Crippen LogP contribution in [-0.2, 0) is 0 Å². The zero-order chi connectivity index (χ0) is 13.4. The van der Waals surface area contributed by atoms with Gasteiger partial charge < -0.3 is 0 Å². The van der Waals surface area contributed by atoms with E-state index in [0.717, 1.165) is 38.0 Å². The van der Waals surface area contributed by atoms with Crippen LogP contribution in [0.25, 0.3) is 0 Å². The number of hydrogen-bond donors (Lipinski definition) is 0. The van der Waals surface area contributed by atoms with Gasteiger partial charge in [-0.25, -0.2) is 0 Å². The third-order valence-corrected chi connectivity index (χ3v) is 2.91. The van der Waals surface area contributed by atoms with Gasteiger partial charge in [0.05, 0.1) is 6.54 Å². The summed E-state index contributed by atoms with van der Waals surface area (Å²) < 4.78 is 0. The Morgan fingerprint density at radius 1 is 1.00 bits per heavy atom. The first kappa shape index (κ1) is 15.4. The predicted molar refractivity (Wildman–Crippen MR) is 80.4 cm³/mol. The molecule has 0 radical (unpaired) electrons. The molecule has 0 spiro atoms. The molecule has 0 N–H and O–H groups in total. The molecule has 1 aromatic carbocycles. The predicted octanol–water partition coefficient (Wildman–Crippen LogP) is 4.47. The first-order valence-electron chi connectivity index (χ1n) is 6.33. The fourth-order valence-electron chi connectivity index (χ4n) is 1.78. The molecule has 1 rings (SSSR count). The van der Waals surface area contributed by atoms with Gasteiger partial charge in [0.2, 0.25) is 0 Å². The summed E-state index contributed by atoms with van der Waals surface area (Å²) in [6.07, 6.45) is 2.31. The van der Waals surface area contributed by atoms with Gasteiger partial charge in [0.25, 0.3) is 0 Å². The average molecular weight is 284 g/mol. The van der Waals surface area contributed by atoms with E-state index < -0.39 is 0 Å². The molecule has 0 atom stereocenters. The molecule has 98 valence electrons. The van der Waals surface area contributed by atoms with Crippen molar-refractivity contribution in [2.75, 3.05) is 19.6 Å². The Bertz CT molecular complexity index is 406. The van der Waals surface area contributed by atoms with E-state index in [9.17, 15) is 0 Å². The molecule has 0 aliphatic heterocycles. The molecule has 1 nitrogen and oxygen atoms in total. The van der Waals surface area contributed by atoms with E-state index in [0.29, 0.717) is 10.0 Å². The van der Waals surface area contributed by atoms with Gasteiger partial charge in [0, 0.05) is 15.6 Å². The van der Waals surface area contributed by atoms with E-state index in [4.69, 9.17) is 23.2 Å². The molecule has 0 saturated carbocycles. The summed E-state index contributed by atoms with van der Waals surface area (Å²) >= 11 is 11.9. The van der Waals surface area contributed by atoms with Crippen molar-refractivity contribution in [1.82, 2.24) is 4.90 Å². The van der Waals surface area contributed by atoms with Gasteiger partial charge in [-0.2, -0.15) is 0 Å². The van der Waals surface area contributed by atoms with E-state index in [-0.39, 0.29) is 0 Å². The molecule has 18 heavy (non-hydrogen) atoms. The molecule has 0 aromatic heterocycles. The zero-order valence-corrected chi connectivity index (χ0v) is 12.5. The standard InChI is InChI=1S/C15H19Cl2N/c1-3-7-18(8-4-2)9-5-6-13-10-14(16)12-15(17)11-13/h10-12H,3-4,7-9H2,1-2H3. The molecule has 0 saturated heterocycles. The molecule has 0 amide bonds. The third-order valence-electron chi connectivity index (χ3n) is 2.48. The largest absolute Gasteiger partial charge is 0.292 e. The Balaban J connectivity index is 2.63. The quantitative estimate of drug-likeness (QED) is 0.721. The van der Waals surface area contributed by atoms with Gasteiger partial charge in [-0.15, -0.1) is 0 Å². The molecule has 0 aliphatic rings. The first-order valence-corrected chi connectivity index (χ1v) is 7.08. The maximum absolute atomic E-state index is 5.93. The highest BCUT2D eigenvalue weighted by Gasteiger charge is 1.99. The van der Waals surface area contributed by atoms with Crippen molar-refractivity contribution in [3.63, 3.8) is 0 Å². The van der Waals surface area contributed by atoms with Crippen LogP contribution in [0.4, 0.5) is 0 Å². The highest BCUT2D eigenvalue weighted by atomic mass is 35.5. The fraction of sp³-hybridized carbons (Fsp3) is 0.467. The van der Waals surface area contributed by atoms with Gasteiger partial charge in [-0.1, -0.05) is 48.9 Å². The van der Waals surface area contributed by atoms with Gasteiger partial charge in [-0.05, 0) is 44.1 Å². The van der Waals surface area contributed by atoms with Crippen molar-refractivity contribution < 1.29 is 0 Å². The summed E-state index contributed by atoms with van der Waals surface area (Å²) in [5.74, 6) is 6.30. The molecule has 0 heterocycles. The molecule has 3 heteroatoms. The highest BCUT2D eigenvalue weighted by Crippen LogP contribution is 2.18. The van der Waals surface area contributed by atoms with Gasteiger partial charge in [-0.3, -0.25) is 4.90 Å². The van der Waals surface area contributed by atoms with Crippen LogP contribution in [0.1, 0.15) is 32.3 Å². The monoisotopic (exact) mass is 283 g/mol. The third kappa shape index (κ3) is 5.78. The van der Waals surface area contributed by atoms with Crippen LogP contribution in [0.5, 0.6) is 0 Å². The molecule has 0 aliphatic carbocycles. The molecular weight excluding hydrogens is 265 g/mol. The normalized spacial score (nSPS) is 10.3. The topological polar surface area (TPSA) is 3.24 Å². The van der Waals surface area contributed by atoms with Crippen LogP contribution in [0, 0.1) is 11.8 Å². The second-order valence-corrected chi connectivity index (χ2v) is 5.11. The fourth-order valence-corrected chi connectivity index (χ4v) is 2.31. The van der Waals surface area contributed by atoms with E-state index in [2.05, 4.69) is 30.6 Å². The smallest absolute Gasteiger partial charge is 0.0605 e. The minimum atomic E-state index is 0.630. The number of rotatable bonds is 5. The van der Waals surface area contributed by atoms with Crippen LogP contribution in [0.2, 0.25) is 10.0 Å². The Labute approximate surface area is 120 Å². The minimum Gasteiger partial charge on any atom is -0.292 e. The number of halogens is 2. The van der Waals surface area contributed by atoms with Crippen LogP contribution in [0.15, 0.2) is 18.2 Å². The van der Waals surface area contributed by atoms with E-state index >= 15 is 0 Å². The maximum Gasteiger partial charge on any atom is 0.0605 e. The lowest BCUT2D eigenvalue weighted by Gasteiger charge is -2.17. The summed E-state index contributed by atoms with van der Waals surface area (Å²) in [4.78, 5) is 2.36. The van der Waals surface area contributed by atoms with Crippen LogP contribution in [0.3, 0.4) is 0 Å². The van der Waals surface area contributed by atoms with Crippen molar-refractivity contribution >= 4 is 23.2 Å². The van der Waals surface area contributed by atoms with E-state index in [1.54, 1.807) is 6.07 Å². The average Bonchev–Trinajstić information content (AvgIpc) is 2.28. The van der Waals surface area contributed by atoms with Crippen molar-refractivity contribution in [2.45, 2.75) is 26.7 Å². The summed E-state index contributed by atoms with van der Waals surface area (Å²) in [6, 6.07) is 5.39. The Hall–Kier alpha value is -0.680. The van der Waals surface area contributed by atoms with Crippen LogP contribution >= 0.6 is 23.2 Å². The lowest BCUT2D eigenvalue weighted by Crippen LogP contribution is -2.25. The second-order valence-electron chi connectivity index (χ2n) is 4.24. The molecule has 0 unspecified atom stereocenters. The van der Waals surface area contributed by atoms with Crippen LogP contribution < -0.4 is 0 Å². The zero-order valence-electron chi connectivity index (χ0n) is 11.0. The Kier molecular flexibility index (Phi) is 7.20. The van der Waals surface area contributed by atoms with E-state index in [1.165, 1.54) is 0 Å². The number of nitrogens with zero attached hydrogens (tertiary/aromatic N) is 1. The molecule has 0 fully saturated rings. The Morgan fingerprint density at radius 3 is 2.06 bits per heavy atom. The van der Waals surface area contributed by atoms with Crippen molar-refractivity contribution in [3.8, 4) is 11.8 Å². The maximum atomic E-state index is 5.93. The second kappa shape index (κ2) is 8.43. The van der Waals surface area contributed by atoms with Crippen LogP contribution in [-0.4, -0.2) is 24.5 Å². The molecule has 0 bridgehead atoms. The molecule has 1 aromatic rings. The minimum absolute atomic E-state index is 0.630. The van der Waals surface area contributed by atoms with Gasteiger partial charge in [0.1, 0.15) is 0 Å². The first-order chi connectivity index (χ1) is 8.65. The SMILES string of the molecule is CCCN(CC#Cc1cc(Cl)cc(Cl)c1)CCC. The number of benzene rings is 1. The summed E-state index contributed by atoms with van der Waals surface area (Å²) in [6.45, 7) is 7.36. The summed E-state index contributed by atoms with van der Waals surface area (Å²) in [5, 5.41) is 1.26. The van der Waals surface area contributed by atoms with E-state index in [1.807, 2.05) is 12.1 Å². The Morgan fingerprint density at radius 2 is 1.56 bits per heavy atom. The number of hydrogen-bond acceptors (Lipinski definition) is 1. The summed E-state index contributed by atoms with van der Waals surface area (Å²) in [7, 11) is 0. The molecular formula is C15H19Cl2N. The van der Waals surface area contributed by atoms with Gasteiger partial charge in [0.15, 0.2) is 0 Å². The lowest BCUT2D eigenvalue weighted by atomic mass is 10.2.